The van der Waals surface area contributed by atoms with Gasteiger partial charge in [0.2, 0.25) is 5.91 Å². The quantitative estimate of drug-likeness (QED) is 0.600. The van der Waals surface area contributed by atoms with Gasteiger partial charge in [-0.05, 0) is 18.1 Å². The van der Waals surface area contributed by atoms with E-state index in [1.54, 1.807) is 0 Å². The van der Waals surface area contributed by atoms with Gasteiger partial charge in [-0.1, -0.05) is 25.1 Å². The Morgan fingerprint density at radius 1 is 1.41 bits per heavy atom. The van der Waals surface area contributed by atoms with Gasteiger partial charge in [0.25, 0.3) is 0 Å². The van der Waals surface area contributed by atoms with Crippen molar-refractivity contribution < 1.29 is 9.53 Å². The van der Waals surface area contributed by atoms with Crippen molar-refractivity contribution >= 4 is 17.5 Å². The van der Waals surface area contributed by atoms with E-state index in [1.807, 2.05) is 24.3 Å². The highest BCUT2D eigenvalue weighted by molar-refractivity contribution is 6.18. The second-order valence-electron chi connectivity index (χ2n) is 3.60. The Hall–Kier alpha value is -1.22. The Labute approximate surface area is 107 Å². The van der Waals surface area contributed by atoms with Crippen molar-refractivity contribution in [2.75, 3.05) is 19.0 Å². The van der Waals surface area contributed by atoms with E-state index in [0.29, 0.717) is 25.5 Å². The highest BCUT2D eigenvalue weighted by Gasteiger charge is 2.01. The lowest BCUT2D eigenvalue weighted by Gasteiger charge is -2.10. The summed E-state index contributed by atoms with van der Waals surface area (Å²) in [6.07, 6.45) is 1.29. The number of benzene rings is 1. The largest absolute Gasteiger partial charge is 0.491 e. The molecule has 0 atom stereocenters. The smallest absolute Gasteiger partial charge is 0.221 e. The summed E-state index contributed by atoms with van der Waals surface area (Å²) < 4.78 is 5.61. The molecule has 0 saturated carbocycles. The van der Waals surface area contributed by atoms with Crippen LogP contribution in [0.15, 0.2) is 24.3 Å². The van der Waals surface area contributed by atoms with Gasteiger partial charge < -0.3 is 10.1 Å². The van der Waals surface area contributed by atoms with E-state index in [9.17, 15) is 4.79 Å². The zero-order valence-corrected chi connectivity index (χ0v) is 10.8. The monoisotopic (exact) mass is 255 g/mol. The average Bonchev–Trinajstić information content (AvgIpc) is 2.35. The molecule has 4 heteroatoms. The number of halogens is 1. The third kappa shape index (κ3) is 5.09. The first-order valence-corrected chi connectivity index (χ1v) is 6.34. The molecule has 0 saturated heterocycles. The number of carbonyl (C=O) groups excluding carboxylic acids is 1. The number of hydrogen-bond acceptors (Lipinski definition) is 2. The van der Waals surface area contributed by atoms with Crippen LogP contribution in [0.5, 0.6) is 5.75 Å². The van der Waals surface area contributed by atoms with Crippen LogP contribution in [-0.4, -0.2) is 24.9 Å². The molecule has 0 fully saturated rings. The van der Waals surface area contributed by atoms with Crippen LogP contribution in [0.1, 0.15) is 18.9 Å². The number of para-hydroxylation sites is 1. The van der Waals surface area contributed by atoms with E-state index in [4.69, 9.17) is 16.3 Å². The van der Waals surface area contributed by atoms with Gasteiger partial charge in [-0.25, -0.2) is 0 Å². The van der Waals surface area contributed by atoms with Gasteiger partial charge in [-0.3, -0.25) is 4.79 Å². The predicted molar refractivity (Wildman–Crippen MR) is 69.7 cm³/mol. The Bertz CT molecular complexity index is 355. The second kappa shape index (κ2) is 7.96. The lowest BCUT2D eigenvalue weighted by atomic mass is 10.1. The SMILES string of the molecule is CCc1ccccc1OCCNC(=O)CCCl. The predicted octanol–water partition coefficient (Wildman–Crippen LogP) is 2.37. The van der Waals surface area contributed by atoms with Gasteiger partial charge >= 0.3 is 0 Å². The number of amides is 1. The molecule has 0 bridgehead atoms. The third-order valence-corrected chi connectivity index (χ3v) is 2.55. The van der Waals surface area contributed by atoms with Crippen LogP contribution in [0.2, 0.25) is 0 Å². The fraction of sp³-hybridized carbons (Fsp3) is 0.462. The molecule has 1 rings (SSSR count). The number of aryl methyl sites for hydroxylation is 1. The second-order valence-corrected chi connectivity index (χ2v) is 3.98. The Kier molecular flexibility index (Phi) is 6.48. The summed E-state index contributed by atoms with van der Waals surface area (Å²) in [5.74, 6) is 1.21. The molecule has 3 nitrogen and oxygen atoms in total. The molecular weight excluding hydrogens is 238 g/mol. The molecule has 1 aromatic carbocycles. The normalized spacial score (nSPS) is 10.0. The van der Waals surface area contributed by atoms with E-state index < -0.39 is 0 Å². The van der Waals surface area contributed by atoms with Crippen LogP contribution in [0.25, 0.3) is 0 Å². The van der Waals surface area contributed by atoms with Gasteiger partial charge in [-0.15, -0.1) is 11.6 Å². The first-order chi connectivity index (χ1) is 8.27. The minimum atomic E-state index is -0.0348. The first kappa shape index (κ1) is 13.8. The lowest BCUT2D eigenvalue weighted by molar-refractivity contribution is -0.120. The molecule has 94 valence electrons. The number of ether oxygens (including phenoxy) is 1. The van der Waals surface area contributed by atoms with Crippen LogP contribution in [0, 0.1) is 0 Å². The zero-order valence-electron chi connectivity index (χ0n) is 10.0. The van der Waals surface area contributed by atoms with Crippen LogP contribution in [-0.2, 0) is 11.2 Å². The molecule has 1 aromatic rings. The molecule has 0 radical (unpaired) electrons. The number of carbonyl (C=O) groups is 1. The third-order valence-electron chi connectivity index (χ3n) is 2.36. The van der Waals surface area contributed by atoms with Crippen LogP contribution in [0.3, 0.4) is 0 Å². The molecular formula is C13H18ClNO2. The number of alkyl halides is 1. The minimum Gasteiger partial charge on any atom is -0.491 e. The van der Waals surface area contributed by atoms with Crippen LogP contribution >= 0.6 is 11.6 Å². The Morgan fingerprint density at radius 2 is 2.18 bits per heavy atom. The van der Waals surface area contributed by atoms with Crippen molar-refractivity contribution in [2.45, 2.75) is 19.8 Å². The van der Waals surface area contributed by atoms with Crippen molar-refractivity contribution in [1.29, 1.82) is 0 Å². The van der Waals surface area contributed by atoms with E-state index in [1.165, 1.54) is 5.56 Å². The molecule has 1 amide bonds. The lowest BCUT2D eigenvalue weighted by Crippen LogP contribution is -2.28. The summed E-state index contributed by atoms with van der Waals surface area (Å²) in [6.45, 7) is 3.07. The summed E-state index contributed by atoms with van der Waals surface area (Å²) in [7, 11) is 0. The van der Waals surface area contributed by atoms with Crippen molar-refractivity contribution in [3.8, 4) is 5.75 Å². The highest BCUT2D eigenvalue weighted by Crippen LogP contribution is 2.17. The van der Waals surface area contributed by atoms with Crippen LogP contribution < -0.4 is 10.1 Å². The standard InChI is InChI=1S/C13H18ClNO2/c1-2-11-5-3-4-6-12(11)17-10-9-15-13(16)7-8-14/h3-6H,2,7-10H2,1H3,(H,15,16). The first-order valence-electron chi connectivity index (χ1n) is 5.81. The van der Waals surface area contributed by atoms with Crippen molar-refractivity contribution in [2.24, 2.45) is 0 Å². The molecule has 0 heterocycles. The molecule has 0 unspecified atom stereocenters. The molecule has 0 spiro atoms. The van der Waals surface area contributed by atoms with Gasteiger partial charge in [-0.2, -0.15) is 0 Å². The Balaban J connectivity index is 2.28. The zero-order chi connectivity index (χ0) is 12.5. The van der Waals surface area contributed by atoms with E-state index in [2.05, 4.69) is 12.2 Å². The fourth-order valence-corrected chi connectivity index (χ4v) is 1.63. The number of rotatable bonds is 7. The maximum atomic E-state index is 11.1. The molecule has 0 aliphatic rings. The van der Waals surface area contributed by atoms with Crippen LogP contribution in [0.4, 0.5) is 0 Å². The fourth-order valence-electron chi connectivity index (χ4n) is 1.46. The maximum Gasteiger partial charge on any atom is 0.221 e. The molecule has 0 aromatic heterocycles. The Morgan fingerprint density at radius 3 is 2.88 bits per heavy atom. The van der Waals surface area contributed by atoms with Gasteiger partial charge in [0.1, 0.15) is 12.4 Å². The maximum absolute atomic E-state index is 11.1. The average molecular weight is 256 g/mol. The van der Waals surface area contributed by atoms with Crippen molar-refractivity contribution in [3.05, 3.63) is 29.8 Å². The molecule has 0 aliphatic heterocycles. The molecule has 0 aliphatic carbocycles. The summed E-state index contributed by atoms with van der Waals surface area (Å²) in [5, 5.41) is 2.74. The summed E-state index contributed by atoms with van der Waals surface area (Å²) in [5.41, 5.74) is 1.18. The summed E-state index contributed by atoms with van der Waals surface area (Å²) in [6, 6.07) is 7.93. The molecule has 17 heavy (non-hydrogen) atoms. The molecule has 1 N–H and O–H groups in total. The number of nitrogens with one attached hydrogen (secondary N) is 1. The van der Waals surface area contributed by atoms with E-state index >= 15 is 0 Å². The minimum absolute atomic E-state index is 0.0348. The van der Waals surface area contributed by atoms with Gasteiger partial charge in [0, 0.05) is 12.3 Å². The van der Waals surface area contributed by atoms with E-state index in [-0.39, 0.29) is 5.91 Å². The van der Waals surface area contributed by atoms with Gasteiger partial charge in [0.15, 0.2) is 0 Å². The number of hydrogen-bond donors (Lipinski definition) is 1. The van der Waals surface area contributed by atoms with Gasteiger partial charge in [0.05, 0.1) is 6.54 Å². The van der Waals surface area contributed by atoms with Crippen molar-refractivity contribution in [1.82, 2.24) is 5.32 Å². The summed E-state index contributed by atoms with van der Waals surface area (Å²) >= 11 is 5.45. The highest BCUT2D eigenvalue weighted by atomic mass is 35.5. The topological polar surface area (TPSA) is 38.3 Å². The summed E-state index contributed by atoms with van der Waals surface area (Å²) in [4.78, 5) is 11.1. The van der Waals surface area contributed by atoms with Crippen molar-refractivity contribution in [3.63, 3.8) is 0 Å². The van der Waals surface area contributed by atoms with E-state index in [0.717, 1.165) is 12.2 Å².